The van der Waals surface area contributed by atoms with E-state index in [1.54, 1.807) is 0 Å². The Morgan fingerprint density at radius 2 is 1.86 bits per heavy atom. The van der Waals surface area contributed by atoms with Crippen molar-refractivity contribution in [2.75, 3.05) is 14.2 Å². The van der Waals surface area contributed by atoms with Crippen LogP contribution in [0.5, 0.6) is 5.75 Å². The van der Waals surface area contributed by atoms with Crippen LogP contribution in [0.4, 0.5) is 14.5 Å². The molecular weight excluding hydrogens is 394 g/mol. The van der Waals surface area contributed by atoms with Gasteiger partial charge in [0.2, 0.25) is 0 Å². The van der Waals surface area contributed by atoms with Gasteiger partial charge in [0.15, 0.2) is 0 Å². The average molecular weight is 412 g/mol. The number of nitro groups is 1. The number of esters is 2. The molecule has 0 aliphatic carbocycles. The fourth-order valence-corrected chi connectivity index (χ4v) is 3.28. The molecule has 1 heterocycles. The third kappa shape index (κ3) is 4.39. The van der Waals surface area contributed by atoms with Crippen LogP contribution < -0.4 is 4.74 Å². The Labute approximate surface area is 164 Å². The van der Waals surface area contributed by atoms with Crippen molar-refractivity contribution in [3.8, 4) is 5.75 Å². The molecule has 0 radical (unpaired) electrons. The van der Waals surface area contributed by atoms with E-state index in [1.165, 1.54) is 13.8 Å². The summed E-state index contributed by atoms with van der Waals surface area (Å²) in [6.07, 6.45) is 0. The number of nitrogens with zero attached hydrogens (tertiary/aromatic N) is 2. The number of rotatable bonds is 6. The predicted octanol–water partition coefficient (Wildman–Crippen LogP) is 2.99. The molecular formula is C18H18F2N2O7. The van der Waals surface area contributed by atoms with E-state index >= 15 is 0 Å². The summed E-state index contributed by atoms with van der Waals surface area (Å²) in [4.78, 5) is 39.6. The van der Waals surface area contributed by atoms with E-state index in [0.717, 1.165) is 32.4 Å². The van der Waals surface area contributed by atoms with Crippen LogP contribution in [0, 0.1) is 16.0 Å². The third-order valence-electron chi connectivity index (χ3n) is 4.44. The summed E-state index contributed by atoms with van der Waals surface area (Å²) in [5, 5.41) is 11.2. The molecule has 1 aromatic carbocycles. The van der Waals surface area contributed by atoms with E-state index in [0.29, 0.717) is 0 Å². The highest BCUT2D eigenvalue weighted by Gasteiger charge is 2.44. The molecule has 1 unspecified atom stereocenters. The Morgan fingerprint density at radius 3 is 2.38 bits per heavy atom. The zero-order valence-corrected chi connectivity index (χ0v) is 16.0. The number of hydrogen-bond acceptors (Lipinski definition) is 8. The highest BCUT2D eigenvalue weighted by atomic mass is 19.3. The molecule has 0 fully saturated rings. The Hall–Kier alpha value is -3.37. The van der Waals surface area contributed by atoms with Gasteiger partial charge >= 0.3 is 18.6 Å². The molecule has 2 atom stereocenters. The summed E-state index contributed by atoms with van der Waals surface area (Å²) in [5.74, 6) is -4.55. The minimum atomic E-state index is -3.24. The van der Waals surface area contributed by atoms with Crippen LogP contribution in [-0.2, 0) is 19.1 Å². The third-order valence-corrected chi connectivity index (χ3v) is 4.44. The van der Waals surface area contributed by atoms with Crippen LogP contribution in [0.25, 0.3) is 0 Å². The van der Waals surface area contributed by atoms with Crippen molar-refractivity contribution in [3.63, 3.8) is 0 Å². The van der Waals surface area contributed by atoms with Gasteiger partial charge in [-0.2, -0.15) is 8.78 Å². The van der Waals surface area contributed by atoms with Gasteiger partial charge in [0.1, 0.15) is 11.7 Å². The van der Waals surface area contributed by atoms with Crippen LogP contribution >= 0.6 is 0 Å². The minimum Gasteiger partial charge on any atom is -0.468 e. The van der Waals surface area contributed by atoms with E-state index in [2.05, 4.69) is 9.73 Å². The predicted molar refractivity (Wildman–Crippen MR) is 95.8 cm³/mol. The number of nitro benzene ring substituents is 1. The first-order chi connectivity index (χ1) is 13.6. The number of carbonyl (C=O) groups excluding carboxylic acids is 2. The van der Waals surface area contributed by atoms with Crippen molar-refractivity contribution in [1.82, 2.24) is 0 Å². The molecule has 1 aromatic rings. The Bertz CT molecular complexity index is 911. The molecule has 0 bridgehead atoms. The highest BCUT2D eigenvalue weighted by Crippen LogP contribution is 2.44. The fraction of sp³-hybridized carbons (Fsp3) is 0.389. The van der Waals surface area contributed by atoms with Gasteiger partial charge in [-0.3, -0.25) is 19.9 Å². The van der Waals surface area contributed by atoms with Gasteiger partial charge < -0.3 is 14.2 Å². The maximum Gasteiger partial charge on any atom is 0.387 e. The molecule has 0 N–H and O–H groups in total. The summed E-state index contributed by atoms with van der Waals surface area (Å²) in [5.41, 5.74) is -0.306. The quantitative estimate of drug-likeness (QED) is 0.400. The van der Waals surface area contributed by atoms with Gasteiger partial charge in [-0.15, -0.1) is 0 Å². The van der Waals surface area contributed by atoms with E-state index < -0.39 is 46.7 Å². The first kappa shape index (κ1) is 21.9. The van der Waals surface area contributed by atoms with Crippen molar-refractivity contribution in [2.45, 2.75) is 26.4 Å². The van der Waals surface area contributed by atoms with E-state index in [9.17, 15) is 28.5 Å². The number of ether oxygens (including phenoxy) is 3. The Kier molecular flexibility index (Phi) is 6.62. The molecule has 0 spiro atoms. The summed E-state index contributed by atoms with van der Waals surface area (Å²) in [6, 6.07) is 2.94. The largest absolute Gasteiger partial charge is 0.468 e. The number of carbonyl (C=O) groups is 2. The number of alkyl halides is 2. The first-order valence-corrected chi connectivity index (χ1v) is 8.27. The molecule has 0 saturated heterocycles. The zero-order chi connectivity index (χ0) is 21.9. The number of benzene rings is 1. The number of halogens is 2. The monoisotopic (exact) mass is 412 g/mol. The molecule has 1 aliphatic rings. The molecule has 1 aliphatic heterocycles. The molecule has 11 heteroatoms. The number of methoxy groups -OCH3 is 2. The van der Waals surface area contributed by atoms with Gasteiger partial charge in [0.05, 0.1) is 24.7 Å². The number of aliphatic imine (C=N–C) groups is 1. The molecule has 2 rings (SSSR count). The maximum absolute atomic E-state index is 12.9. The second-order valence-corrected chi connectivity index (χ2v) is 6.08. The van der Waals surface area contributed by atoms with Crippen molar-refractivity contribution < 1.29 is 37.5 Å². The van der Waals surface area contributed by atoms with Crippen molar-refractivity contribution in [3.05, 3.63) is 45.1 Å². The van der Waals surface area contributed by atoms with E-state index in [1.807, 2.05) is 0 Å². The van der Waals surface area contributed by atoms with Crippen LogP contribution in [0.1, 0.15) is 25.3 Å². The van der Waals surface area contributed by atoms with Crippen LogP contribution in [0.2, 0.25) is 0 Å². The lowest BCUT2D eigenvalue weighted by Gasteiger charge is -2.31. The molecule has 29 heavy (non-hydrogen) atoms. The van der Waals surface area contributed by atoms with Gasteiger partial charge in [-0.1, -0.05) is 0 Å². The zero-order valence-electron chi connectivity index (χ0n) is 16.0. The maximum atomic E-state index is 12.9. The Balaban J connectivity index is 2.84. The second kappa shape index (κ2) is 8.76. The minimum absolute atomic E-state index is 0.117. The number of non-ortho nitro benzene ring substituents is 1. The molecule has 0 amide bonds. The van der Waals surface area contributed by atoms with Gasteiger partial charge in [-0.25, -0.2) is 4.79 Å². The van der Waals surface area contributed by atoms with Crippen LogP contribution in [0.15, 0.2) is 34.5 Å². The Morgan fingerprint density at radius 1 is 1.21 bits per heavy atom. The molecule has 156 valence electrons. The number of hydrogen-bond donors (Lipinski definition) is 0. The van der Waals surface area contributed by atoms with E-state index in [-0.39, 0.29) is 22.5 Å². The summed E-state index contributed by atoms with van der Waals surface area (Å²) >= 11 is 0. The topological polar surface area (TPSA) is 117 Å². The molecule has 0 aromatic heterocycles. The summed E-state index contributed by atoms with van der Waals surface area (Å²) in [7, 11) is 2.21. The lowest BCUT2D eigenvalue weighted by molar-refractivity contribution is -0.385. The number of allylic oxidation sites excluding steroid dienone is 1. The van der Waals surface area contributed by atoms with Gasteiger partial charge in [0, 0.05) is 35.0 Å². The first-order valence-electron chi connectivity index (χ1n) is 8.27. The average Bonchev–Trinajstić information content (AvgIpc) is 2.66. The second-order valence-electron chi connectivity index (χ2n) is 6.08. The smallest absolute Gasteiger partial charge is 0.387 e. The van der Waals surface area contributed by atoms with Crippen LogP contribution in [-0.4, -0.2) is 43.4 Å². The summed E-state index contributed by atoms with van der Waals surface area (Å²) in [6.45, 7) is -0.268. The SMILES string of the molecule is COC(=O)C1=C(C)N=C(C)C(C(=O)OC)[C@@H]1c1cc([N+](=O)[O-])ccc1OC(F)F. The van der Waals surface area contributed by atoms with Crippen molar-refractivity contribution in [1.29, 1.82) is 0 Å². The fourth-order valence-electron chi connectivity index (χ4n) is 3.28. The molecule has 0 saturated carbocycles. The van der Waals surface area contributed by atoms with Crippen LogP contribution in [0.3, 0.4) is 0 Å². The van der Waals surface area contributed by atoms with Crippen molar-refractivity contribution in [2.24, 2.45) is 10.9 Å². The summed E-state index contributed by atoms with van der Waals surface area (Å²) < 4.78 is 40.0. The standard InChI is InChI=1S/C18H18F2N2O7/c1-8-13(16(23)27-3)15(14(9(2)21-8)17(24)28-4)11-7-10(22(25)26)5-6-12(11)29-18(19)20/h5-7,13,15,18H,1-4H3/t13?,15-/m0/s1. The lowest BCUT2D eigenvalue weighted by Crippen LogP contribution is -2.36. The van der Waals surface area contributed by atoms with E-state index in [4.69, 9.17) is 9.47 Å². The van der Waals surface area contributed by atoms with Gasteiger partial charge in [0.25, 0.3) is 5.69 Å². The highest BCUT2D eigenvalue weighted by molar-refractivity contribution is 6.07. The van der Waals surface area contributed by atoms with Gasteiger partial charge in [-0.05, 0) is 19.9 Å². The lowest BCUT2D eigenvalue weighted by atomic mass is 9.75. The molecule has 9 nitrogen and oxygen atoms in total. The van der Waals surface area contributed by atoms with Crippen molar-refractivity contribution >= 4 is 23.3 Å². The normalized spacial score (nSPS) is 18.9.